The van der Waals surface area contributed by atoms with Gasteiger partial charge in [0.1, 0.15) is 5.82 Å². The quantitative estimate of drug-likeness (QED) is 0.848. The van der Waals surface area contributed by atoms with Crippen molar-refractivity contribution in [2.24, 2.45) is 11.8 Å². The highest BCUT2D eigenvalue weighted by atomic mass is 16.1. The predicted octanol–water partition coefficient (Wildman–Crippen LogP) is 2.20. The number of aromatic nitrogens is 2. The van der Waals surface area contributed by atoms with E-state index < -0.39 is 0 Å². The molecule has 5 heteroatoms. The molecule has 1 aromatic rings. The second kappa shape index (κ2) is 6.99. The second-order valence-electron chi connectivity index (χ2n) is 6.60. The van der Waals surface area contributed by atoms with Crippen molar-refractivity contribution in [1.29, 1.82) is 0 Å². The zero-order valence-corrected chi connectivity index (χ0v) is 13.2. The number of carbonyl (C=O) groups excluding carboxylic acids is 1. The van der Waals surface area contributed by atoms with Crippen LogP contribution in [0.4, 0.5) is 5.82 Å². The largest absolute Gasteiger partial charge is 0.356 e. The highest BCUT2D eigenvalue weighted by Gasteiger charge is 2.27. The lowest BCUT2D eigenvalue weighted by Gasteiger charge is -2.37. The molecule has 1 aliphatic heterocycles. The third kappa shape index (κ3) is 3.51. The van der Waals surface area contributed by atoms with Gasteiger partial charge < -0.3 is 10.2 Å². The van der Waals surface area contributed by atoms with Crippen molar-refractivity contribution < 1.29 is 4.79 Å². The molecule has 2 heterocycles. The van der Waals surface area contributed by atoms with Gasteiger partial charge in [0.25, 0.3) is 0 Å². The predicted molar refractivity (Wildman–Crippen MR) is 87.7 cm³/mol. The van der Waals surface area contributed by atoms with Crippen LogP contribution in [0.2, 0.25) is 0 Å². The molecule has 1 N–H and O–H groups in total. The van der Waals surface area contributed by atoms with Crippen molar-refractivity contribution >= 4 is 11.7 Å². The van der Waals surface area contributed by atoms with Crippen molar-refractivity contribution in [3.63, 3.8) is 0 Å². The van der Waals surface area contributed by atoms with Gasteiger partial charge in [-0.25, -0.2) is 4.68 Å². The van der Waals surface area contributed by atoms with Crippen LogP contribution in [0.15, 0.2) is 24.9 Å². The number of carbonyl (C=O) groups is 1. The summed E-state index contributed by atoms with van der Waals surface area (Å²) in [4.78, 5) is 13.9. The first-order valence-electron chi connectivity index (χ1n) is 8.43. The van der Waals surface area contributed by atoms with Crippen LogP contribution in [0.1, 0.15) is 32.1 Å². The van der Waals surface area contributed by atoms with E-state index in [2.05, 4.69) is 32.6 Å². The molecule has 1 amide bonds. The fourth-order valence-electron chi connectivity index (χ4n) is 3.74. The Labute approximate surface area is 132 Å². The maximum Gasteiger partial charge on any atom is 0.243 e. The van der Waals surface area contributed by atoms with E-state index >= 15 is 0 Å². The summed E-state index contributed by atoms with van der Waals surface area (Å²) in [5, 5.41) is 7.36. The number of rotatable bonds is 5. The first kappa shape index (κ1) is 15.1. The molecule has 1 fully saturated rings. The monoisotopic (exact) mass is 302 g/mol. The smallest absolute Gasteiger partial charge is 0.243 e. The number of fused-ring (bicyclic) bond motifs is 1. The third-order valence-electron chi connectivity index (χ3n) is 4.88. The molecule has 1 aromatic heterocycles. The van der Waals surface area contributed by atoms with Gasteiger partial charge in [-0.15, -0.1) is 0 Å². The first-order chi connectivity index (χ1) is 10.8. The minimum atomic E-state index is -0.0925. The summed E-state index contributed by atoms with van der Waals surface area (Å²) in [5.41, 5.74) is 0. The fraction of sp³-hybridized carbons (Fsp3) is 0.647. The average Bonchev–Trinajstić information content (AvgIpc) is 3.02. The van der Waals surface area contributed by atoms with Gasteiger partial charge in [-0.2, -0.15) is 5.10 Å². The summed E-state index contributed by atoms with van der Waals surface area (Å²) < 4.78 is 2.08. The molecule has 0 saturated heterocycles. The second-order valence-corrected chi connectivity index (χ2v) is 6.60. The zero-order valence-electron chi connectivity index (χ0n) is 13.2. The molecular weight excluding hydrogens is 276 g/mol. The van der Waals surface area contributed by atoms with Crippen molar-refractivity contribution in [3.05, 3.63) is 24.9 Å². The van der Waals surface area contributed by atoms with Crippen LogP contribution in [0.5, 0.6) is 0 Å². The van der Waals surface area contributed by atoms with E-state index in [0.29, 0.717) is 12.5 Å². The molecule has 120 valence electrons. The number of nitrogens with one attached hydrogen (secondary N) is 1. The molecule has 0 aromatic carbocycles. The van der Waals surface area contributed by atoms with E-state index in [0.717, 1.165) is 25.6 Å². The molecule has 0 unspecified atom stereocenters. The Morgan fingerprint density at radius 1 is 1.32 bits per heavy atom. The summed E-state index contributed by atoms with van der Waals surface area (Å²) in [6.45, 7) is 7.19. The molecule has 2 aliphatic rings. The van der Waals surface area contributed by atoms with Crippen molar-refractivity contribution in [3.8, 4) is 0 Å². The van der Waals surface area contributed by atoms with E-state index in [9.17, 15) is 4.79 Å². The molecule has 5 nitrogen and oxygen atoms in total. The molecule has 1 saturated carbocycles. The highest BCUT2D eigenvalue weighted by Crippen LogP contribution is 2.29. The van der Waals surface area contributed by atoms with Gasteiger partial charge in [-0.05, 0) is 24.8 Å². The number of hydrogen-bond acceptors (Lipinski definition) is 3. The Balaban J connectivity index is 1.63. The Morgan fingerprint density at radius 3 is 2.91 bits per heavy atom. The molecule has 0 spiro atoms. The molecule has 0 bridgehead atoms. The number of hydrogen-bond donors (Lipinski definition) is 1. The summed E-state index contributed by atoms with van der Waals surface area (Å²) >= 11 is 0. The lowest BCUT2D eigenvalue weighted by atomic mass is 9.88. The Kier molecular flexibility index (Phi) is 4.80. The van der Waals surface area contributed by atoms with E-state index in [-0.39, 0.29) is 5.91 Å². The molecule has 1 aliphatic carbocycles. The van der Waals surface area contributed by atoms with Gasteiger partial charge in [0.2, 0.25) is 5.91 Å². The normalized spacial score (nSPS) is 22.2. The van der Waals surface area contributed by atoms with Gasteiger partial charge in [-0.3, -0.25) is 4.79 Å². The SMILES string of the molecule is C=CC(=O)NC[C@H]1CN(CC2CCCCC2)c2ccnn2C1. The van der Waals surface area contributed by atoms with Crippen LogP contribution in [-0.2, 0) is 11.3 Å². The molecule has 1 atom stereocenters. The summed E-state index contributed by atoms with van der Waals surface area (Å²) in [5.74, 6) is 2.35. The van der Waals surface area contributed by atoms with Crippen LogP contribution in [-0.4, -0.2) is 35.3 Å². The molecule has 0 radical (unpaired) electrons. The fourth-order valence-corrected chi connectivity index (χ4v) is 3.74. The standard InChI is InChI=1S/C17H26N4O/c1-2-16(22)18-10-15-12-20(11-14-6-4-3-5-7-14)17-8-9-19-21(17)13-15/h2,8-9,14-15H,1,3-7,10-13H2,(H,18,22)/t15-/m0/s1. The molecular formula is C17H26N4O. The minimum Gasteiger partial charge on any atom is -0.356 e. The van der Waals surface area contributed by atoms with Gasteiger partial charge >= 0.3 is 0 Å². The van der Waals surface area contributed by atoms with Crippen LogP contribution in [0.25, 0.3) is 0 Å². The zero-order chi connectivity index (χ0) is 15.4. The molecule has 22 heavy (non-hydrogen) atoms. The number of nitrogens with zero attached hydrogens (tertiary/aromatic N) is 3. The maximum absolute atomic E-state index is 11.4. The van der Waals surface area contributed by atoms with E-state index in [1.54, 1.807) is 0 Å². The van der Waals surface area contributed by atoms with Gasteiger partial charge in [0.05, 0.1) is 6.20 Å². The van der Waals surface area contributed by atoms with Gasteiger partial charge in [-0.1, -0.05) is 25.8 Å². The number of anilines is 1. The van der Waals surface area contributed by atoms with E-state index in [4.69, 9.17) is 0 Å². The lowest BCUT2D eigenvalue weighted by molar-refractivity contribution is -0.116. The Morgan fingerprint density at radius 2 is 2.14 bits per heavy atom. The average molecular weight is 302 g/mol. The Hall–Kier alpha value is -1.78. The Bertz CT molecular complexity index is 518. The van der Waals surface area contributed by atoms with Gasteiger partial charge in [0.15, 0.2) is 0 Å². The number of amides is 1. The van der Waals surface area contributed by atoms with Gasteiger partial charge in [0, 0.05) is 38.2 Å². The highest BCUT2D eigenvalue weighted by molar-refractivity contribution is 5.86. The van der Waals surface area contributed by atoms with Crippen LogP contribution in [0, 0.1) is 11.8 Å². The van der Waals surface area contributed by atoms with E-state index in [1.807, 2.05) is 6.20 Å². The van der Waals surface area contributed by atoms with Crippen molar-refractivity contribution in [2.75, 3.05) is 24.5 Å². The summed E-state index contributed by atoms with van der Waals surface area (Å²) in [6.07, 6.45) is 10.1. The van der Waals surface area contributed by atoms with Crippen LogP contribution >= 0.6 is 0 Å². The first-order valence-corrected chi connectivity index (χ1v) is 8.43. The van der Waals surface area contributed by atoms with Crippen LogP contribution < -0.4 is 10.2 Å². The molecule has 3 rings (SSSR count). The third-order valence-corrected chi connectivity index (χ3v) is 4.88. The van der Waals surface area contributed by atoms with E-state index in [1.165, 1.54) is 44.0 Å². The maximum atomic E-state index is 11.4. The van der Waals surface area contributed by atoms with Crippen LogP contribution in [0.3, 0.4) is 0 Å². The minimum absolute atomic E-state index is 0.0925. The lowest BCUT2D eigenvalue weighted by Crippen LogP contribution is -2.45. The summed E-state index contributed by atoms with van der Waals surface area (Å²) in [6, 6.07) is 2.11. The van der Waals surface area contributed by atoms with Crippen molar-refractivity contribution in [2.45, 2.75) is 38.6 Å². The van der Waals surface area contributed by atoms with Crippen molar-refractivity contribution in [1.82, 2.24) is 15.1 Å². The summed E-state index contributed by atoms with van der Waals surface area (Å²) in [7, 11) is 0. The topological polar surface area (TPSA) is 50.2 Å².